The number of hydrogen-bond donors (Lipinski definition) is 0. The second kappa shape index (κ2) is 14.5. The first kappa shape index (κ1) is 35.2. The molecule has 0 aliphatic heterocycles. The Hall–Kier alpha value is -7.72. The van der Waals surface area contributed by atoms with Gasteiger partial charge in [-0.05, 0) is 116 Å². The molecule has 0 N–H and O–H groups in total. The summed E-state index contributed by atoms with van der Waals surface area (Å²) in [6, 6.07) is 81.2. The van der Waals surface area contributed by atoms with E-state index in [2.05, 4.69) is 217 Å². The minimum absolute atomic E-state index is 0.899. The zero-order chi connectivity index (χ0) is 40.3. The Kier molecular flexibility index (Phi) is 8.39. The number of rotatable bonds is 7. The first-order valence-corrected chi connectivity index (χ1v) is 21.6. The second-order valence-electron chi connectivity index (χ2n) is 15.6. The molecule has 0 aliphatic carbocycles. The Morgan fingerprint density at radius 1 is 0.328 bits per heavy atom. The molecule has 2 aromatic heterocycles. The van der Waals surface area contributed by atoms with Gasteiger partial charge < -0.3 is 9.32 Å². The van der Waals surface area contributed by atoms with Crippen LogP contribution in [0.1, 0.15) is 0 Å². The lowest BCUT2D eigenvalue weighted by molar-refractivity contribution is 0.669. The summed E-state index contributed by atoms with van der Waals surface area (Å²) in [7, 11) is 0. The van der Waals surface area contributed by atoms with E-state index in [-0.39, 0.29) is 0 Å². The van der Waals surface area contributed by atoms with Crippen LogP contribution in [0.2, 0.25) is 0 Å². The highest BCUT2D eigenvalue weighted by Crippen LogP contribution is 2.44. The van der Waals surface area contributed by atoms with Crippen molar-refractivity contribution in [3.8, 4) is 44.5 Å². The van der Waals surface area contributed by atoms with Gasteiger partial charge in [-0.1, -0.05) is 164 Å². The number of anilines is 3. The van der Waals surface area contributed by atoms with E-state index < -0.39 is 0 Å². The average Bonchev–Trinajstić information content (AvgIpc) is 3.91. The third kappa shape index (κ3) is 6.09. The summed E-state index contributed by atoms with van der Waals surface area (Å²) >= 11 is 1.88. The third-order valence-corrected chi connectivity index (χ3v) is 13.3. The van der Waals surface area contributed by atoms with Gasteiger partial charge in [0.15, 0.2) is 0 Å². The van der Waals surface area contributed by atoms with Crippen LogP contribution in [0.4, 0.5) is 17.1 Å². The molecule has 0 radical (unpaired) electrons. The Morgan fingerprint density at radius 3 is 1.74 bits per heavy atom. The molecule has 0 spiro atoms. The van der Waals surface area contributed by atoms with E-state index in [1.807, 2.05) is 23.5 Å². The number of furan rings is 1. The minimum Gasteiger partial charge on any atom is -0.456 e. The summed E-state index contributed by atoms with van der Waals surface area (Å²) in [5, 5.41) is 7.38. The minimum atomic E-state index is 0.899. The van der Waals surface area contributed by atoms with Crippen molar-refractivity contribution in [1.82, 2.24) is 0 Å². The van der Waals surface area contributed by atoms with Crippen molar-refractivity contribution < 1.29 is 4.42 Å². The Balaban J connectivity index is 0.983. The van der Waals surface area contributed by atoms with Crippen LogP contribution in [0.25, 0.3) is 97.4 Å². The monoisotopic (exact) mass is 795 g/mol. The maximum atomic E-state index is 6.27. The van der Waals surface area contributed by atoms with Crippen LogP contribution in [-0.4, -0.2) is 0 Å². The topological polar surface area (TPSA) is 16.4 Å². The van der Waals surface area contributed by atoms with Gasteiger partial charge in [-0.2, -0.15) is 0 Å². The molecule has 0 aliphatic rings. The van der Waals surface area contributed by atoms with Crippen molar-refractivity contribution in [3.05, 3.63) is 224 Å². The second-order valence-corrected chi connectivity index (χ2v) is 16.7. The molecule has 2 nitrogen and oxygen atoms in total. The molecule has 0 saturated carbocycles. The zero-order valence-corrected chi connectivity index (χ0v) is 33.9. The molecule has 12 aromatic rings. The predicted molar refractivity (Wildman–Crippen MR) is 261 cm³/mol. The lowest BCUT2D eigenvalue weighted by atomic mass is 9.96. The summed E-state index contributed by atoms with van der Waals surface area (Å²) in [5.74, 6) is 0. The van der Waals surface area contributed by atoms with Crippen LogP contribution >= 0.6 is 11.3 Å². The number of fused-ring (bicyclic) bond motifs is 7. The van der Waals surface area contributed by atoms with Crippen LogP contribution in [0.5, 0.6) is 0 Å². The molecule has 3 heteroatoms. The van der Waals surface area contributed by atoms with Gasteiger partial charge in [-0.25, -0.2) is 0 Å². The lowest BCUT2D eigenvalue weighted by Gasteiger charge is -2.27. The number of nitrogens with zero attached hydrogens (tertiary/aromatic N) is 1. The highest BCUT2D eigenvalue weighted by molar-refractivity contribution is 7.26. The van der Waals surface area contributed by atoms with E-state index in [1.165, 1.54) is 58.8 Å². The number of thiophene rings is 1. The maximum absolute atomic E-state index is 6.27. The van der Waals surface area contributed by atoms with E-state index in [9.17, 15) is 0 Å². The first-order chi connectivity index (χ1) is 30.2. The lowest BCUT2D eigenvalue weighted by Crippen LogP contribution is -2.10. The Morgan fingerprint density at radius 2 is 0.885 bits per heavy atom. The summed E-state index contributed by atoms with van der Waals surface area (Å²) < 4.78 is 8.91. The number of para-hydroxylation sites is 1. The number of hydrogen-bond acceptors (Lipinski definition) is 3. The predicted octanol–water partition coefficient (Wildman–Crippen LogP) is 17.2. The highest BCUT2D eigenvalue weighted by Gasteiger charge is 2.18. The van der Waals surface area contributed by atoms with E-state index in [4.69, 9.17) is 4.42 Å². The molecule has 0 bridgehead atoms. The van der Waals surface area contributed by atoms with Crippen molar-refractivity contribution >= 4 is 81.3 Å². The van der Waals surface area contributed by atoms with Gasteiger partial charge >= 0.3 is 0 Å². The largest absolute Gasteiger partial charge is 0.456 e. The molecule has 0 unspecified atom stereocenters. The first-order valence-electron chi connectivity index (χ1n) is 20.7. The third-order valence-electron chi connectivity index (χ3n) is 12.1. The SMILES string of the molecule is c1cc(-c2cccc(N(c3ccc(-c4cccc5oc6ccccc6c45)cc3)c3cccc(-c4cccc5ccccc45)c3)c2)cc(-c2cccc3c2sc2ccccc23)c1. The van der Waals surface area contributed by atoms with E-state index in [1.54, 1.807) is 0 Å². The molecule has 0 saturated heterocycles. The Bertz CT molecular complexity index is 3610. The fraction of sp³-hybridized carbons (Fsp3) is 0. The molecule has 0 atom stereocenters. The molecule has 12 rings (SSSR count). The van der Waals surface area contributed by atoms with Crippen LogP contribution in [0, 0.1) is 0 Å². The van der Waals surface area contributed by atoms with Crippen LogP contribution in [0.15, 0.2) is 229 Å². The molecule has 61 heavy (non-hydrogen) atoms. The van der Waals surface area contributed by atoms with Gasteiger partial charge in [0, 0.05) is 48.0 Å². The Labute approximate surface area is 357 Å². The fourth-order valence-corrected chi connectivity index (χ4v) is 10.4. The number of benzene rings is 10. The van der Waals surface area contributed by atoms with Crippen molar-refractivity contribution in [2.24, 2.45) is 0 Å². The van der Waals surface area contributed by atoms with E-state index in [0.29, 0.717) is 0 Å². The molecular formula is C58H37NOS. The summed E-state index contributed by atoms with van der Waals surface area (Å²) in [6.07, 6.45) is 0. The van der Waals surface area contributed by atoms with Crippen molar-refractivity contribution in [2.45, 2.75) is 0 Å². The summed E-state index contributed by atoms with van der Waals surface area (Å²) in [4.78, 5) is 2.39. The maximum Gasteiger partial charge on any atom is 0.136 e. The van der Waals surface area contributed by atoms with Crippen molar-refractivity contribution in [2.75, 3.05) is 4.90 Å². The van der Waals surface area contributed by atoms with Crippen LogP contribution in [-0.2, 0) is 0 Å². The summed E-state index contributed by atoms with van der Waals surface area (Å²) in [6.45, 7) is 0. The zero-order valence-electron chi connectivity index (χ0n) is 33.1. The normalized spacial score (nSPS) is 11.6. The smallest absolute Gasteiger partial charge is 0.136 e. The molecule has 2 heterocycles. The molecule has 0 amide bonds. The van der Waals surface area contributed by atoms with Crippen LogP contribution in [0.3, 0.4) is 0 Å². The van der Waals surface area contributed by atoms with Gasteiger partial charge in [-0.3, -0.25) is 0 Å². The quantitative estimate of drug-likeness (QED) is 0.160. The van der Waals surface area contributed by atoms with Gasteiger partial charge in [0.1, 0.15) is 11.2 Å². The highest BCUT2D eigenvalue weighted by atomic mass is 32.1. The molecule has 286 valence electrons. The van der Waals surface area contributed by atoms with Gasteiger partial charge in [0.25, 0.3) is 0 Å². The van der Waals surface area contributed by atoms with Gasteiger partial charge in [0.2, 0.25) is 0 Å². The fourth-order valence-electron chi connectivity index (χ4n) is 9.21. The van der Waals surface area contributed by atoms with E-state index in [0.717, 1.165) is 55.7 Å². The standard InChI is InChI=1S/C58H37NOS/c1-2-21-47-38(13-1)14-10-24-48(47)43-18-9-20-46(37-43)59(44-33-31-39(32-34-44)49-25-12-29-55-57(49)53-23-3-5-28-54(53)60-55)45-19-8-16-41(36-45)40-15-7-17-42(35-40)50-26-11-27-52-51-22-4-6-30-56(51)61-58(50)52/h1-37H. The van der Waals surface area contributed by atoms with Gasteiger partial charge in [0.05, 0.1) is 0 Å². The van der Waals surface area contributed by atoms with Crippen LogP contribution < -0.4 is 4.90 Å². The molecular weight excluding hydrogens is 759 g/mol. The average molecular weight is 796 g/mol. The molecule has 0 fully saturated rings. The van der Waals surface area contributed by atoms with E-state index >= 15 is 0 Å². The van der Waals surface area contributed by atoms with Gasteiger partial charge in [-0.15, -0.1) is 11.3 Å². The summed E-state index contributed by atoms with van der Waals surface area (Å²) in [5.41, 5.74) is 14.6. The van der Waals surface area contributed by atoms with Crippen molar-refractivity contribution in [1.29, 1.82) is 0 Å². The van der Waals surface area contributed by atoms with Crippen molar-refractivity contribution in [3.63, 3.8) is 0 Å². The molecule has 10 aromatic carbocycles.